The number of aryl methyl sites for hydroxylation is 2. The number of carbonyl (C=O) groups excluding carboxylic acids is 2. The zero-order valence-corrected chi connectivity index (χ0v) is 14.0. The van der Waals surface area contributed by atoms with E-state index in [1.807, 2.05) is 6.92 Å². The predicted octanol–water partition coefficient (Wildman–Crippen LogP) is 1.75. The van der Waals surface area contributed by atoms with Gasteiger partial charge in [-0.15, -0.1) is 0 Å². The van der Waals surface area contributed by atoms with Crippen molar-refractivity contribution < 1.29 is 18.8 Å². The lowest BCUT2D eigenvalue weighted by Crippen LogP contribution is -2.50. The molecule has 0 saturated carbocycles. The molecule has 0 bridgehead atoms. The third-order valence-electron chi connectivity index (χ3n) is 4.07. The number of carbonyl (C=O) groups is 2. The molecule has 1 fully saturated rings. The standard InChI is InChI=1S/C16H20N4O4/c1-4-23-16(22)20-7-5-19(6-8-20)15(21)12-9-10(2)17-14-13(12)11(3)18-24-14/h9H,4-8H2,1-3H3. The summed E-state index contributed by atoms with van der Waals surface area (Å²) in [7, 11) is 0. The van der Waals surface area contributed by atoms with Crippen molar-refractivity contribution in [1.29, 1.82) is 0 Å². The van der Waals surface area contributed by atoms with Gasteiger partial charge in [0.15, 0.2) is 0 Å². The summed E-state index contributed by atoms with van der Waals surface area (Å²) >= 11 is 0. The van der Waals surface area contributed by atoms with Crippen LogP contribution in [0, 0.1) is 13.8 Å². The molecule has 1 aliphatic heterocycles. The molecule has 0 spiro atoms. The maximum absolute atomic E-state index is 12.9. The van der Waals surface area contributed by atoms with Gasteiger partial charge >= 0.3 is 6.09 Å². The molecule has 0 radical (unpaired) electrons. The minimum absolute atomic E-state index is 0.0969. The summed E-state index contributed by atoms with van der Waals surface area (Å²) in [5.74, 6) is -0.0969. The van der Waals surface area contributed by atoms with Crippen LogP contribution in [-0.2, 0) is 4.74 Å². The van der Waals surface area contributed by atoms with Gasteiger partial charge in [0.25, 0.3) is 11.6 Å². The number of piperazine rings is 1. The van der Waals surface area contributed by atoms with Gasteiger partial charge < -0.3 is 19.1 Å². The summed E-state index contributed by atoms with van der Waals surface area (Å²) in [6.45, 7) is 7.57. The molecular formula is C16H20N4O4. The van der Waals surface area contributed by atoms with E-state index in [1.165, 1.54) is 0 Å². The smallest absolute Gasteiger partial charge is 0.409 e. The number of aromatic nitrogens is 2. The Morgan fingerprint density at radius 2 is 1.88 bits per heavy atom. The Morgan fingerprint density at radius 3 is 2.54 bits per heavy atom. The van der Waals surface area contributed by atoms with E-state index in [-0.39, 0.29) is 12.0 Å². The van der Waals surface area contributed by atoms with Gasteiger partial charge in [-0.25, -0.2) is 9.78 Å². The number of fused-ring (bicyclic) bond motifs is 1. The van der Waals surface area contributed by atoms with Crippen molar-refractivity contribution in [3.8, 4) is 0 Å². The molecule has 128 valence electrons. The zero-order valence-electron chi connectivity index (χ0n) is 14.0. The molecule has 0 N–H and O–H groups in total. The molecule has 1 saturated heterocycles. The SMILES string of the molecule is CCOC(=O)N1CCN(C(=O)c2cc(C)nc3onc(C)c23)CC1. The molecule has 1 aliphatic rings. The van der Waals surface area contributed by atoms with E-state index in [4.69, 9.17) is 9.26 Å². The Kier molecular flexibility index (Phi) is 4.37. The normalized spacial score (nSPS) is 15.0. The summed E-state index contributed by atoms with van der Waals surface area (Å²) in [6, 6.07) is 1.76. The van der Waals surface area contributed by atoms with E-state index < -0.39 is 0 Å². The molecule has 8 heteroatoms. The maximum atomic E-state index is 12.9. The molecule has 0 unspecified atom stereocenters. The molecule has 0 aromatic carbocycles. The third-order valence-corrected chi connectivity index (χ3v) is 4.07. The second-order valence-electron chi connectivity index (χ2n) is 5.74. The van der Waals surface area contributed by atoms with E-state index in [0.29, 0.717) is 60.8 Å². The molecule has 3 rings (SSSR count). The molecular weight excluding hydrogens is 312 g/mol. The summed E-state index contributed by atoms with van der Waals surface area (Å²) in [5.41, 5.74) is 2.26. The van der Waals surface area contributed by atoms with E-state index in [0.717, 1.165) is 0 Å². The number of hydrogen-bond donors (Lipinski definition) is 0. The summed E-state index contributed by atoms with van der Waals surface area (Å²) in [5, 5.41) is 4.55. The number of hydrogen-bond acceptors (Lipinski definition) is 6. The van der Waals surface area contributed by atoms with Crippen molar-refractivity contribution in [2.75, 3.05) is 32.8 Å². The monoisotopic (exact) mass is 332 g/mol. The van der Waals surface area contributed by atoms with Crippen molar-refractivity contribution in [3.63, 3.8) is 0 Å². The number of rotatable bonds is 2. The van der Waals surface area contributed by atoms with Crippen LogP contribution >= 0.6 is 0 Å². The lowest BCUT2D eigenvalue weighted by molar-refractivity contribution is 0.0572. The molecule has 3 heterocycles. The first-order chi connectivity index (χ1) is 11.5. The molecule has 2 amide bonds. The first-order valence-corrected chi connectivity index (χ1v) is 7.96. The van der Waals surface area contributed by atoms with Crippen LogP contribution in [0.15, 0.2) is 10.6 Å². The zero-order chi connectivity index (χ0) is 17.3. The van der Waals surface area contributed by atoms with Crippen LogP contribution in [0.2, 0.25) is 0 Å². The number of ether oxygens (including phenoxy) is 1. The molecule has 0 atom stereocenters. The second-order valence-corrected chi connectivity index (χ2v) is 5.74. The first kappa shape index (κ1) is 16.2. The largest absolute Gasteiger partial charge is 0.450 e. The summed E-state index contributed by atoms with van der Waals surface area (Å²) in [6.07, 6.45) is -0.332. The highest BCUT2D eigenvalue weighted by atomic mass is 16.6. The van der Waals surface area contributed by atoms with E-state index in [1.54, 1.807) is 29.7 Å². The fourth-order valence-electron chi connectivity index (χ4n) is 2.86. The van der Waals surface area contributed by atoms with Gasteiger partial charge in [-0.05, 0) is 26.8 Å². The summed E-state index contributed by atoms with van der Waals surface area (Å²) in [4.78, 5) is 32.3. The van der Waals surface area contributed by atoms with Gasteiger partial charge in [0.05, 0.1) is 23.3 Å². The highest BCUT2D eigenvalue weighted by molar-refractivity contribution is 6.06. The number of amides is 2. The highest BCUT2D eigenvalue weighted by Crippen LogP contribution is 2.23. The average molecular weight is 332 g/mol. The quantitative estimate of drug-likeness (QED) is 0.832. The van der Waals surface area contributed by atoms with E-state index in [2.05, 4.69) is 10.1 Å². The maximum Gasteiger partial charge on any atom is 0.409 e. The fraction of sp³-hybridized carbons (Fsp3) is 0.500. The van der Waals surface area contributed by atoms with Gasteiger partial charge in [0.2, 0.25) is 0 Å². The van der Waals surface area contributed by atoms with E-state index >= 15 is 0 Å². The van der Waals surface area contributed by atoms with Crippen molar-refractivity contribution >= 4 is 23.1 Å². The number of nitrogens with zero attached hydrogens (tertiary/aromatic N) is 4. The predicted molar refractivity (Wildman–Crippen MR) is 85.8 cm³/mol. The first-order valence-electron chi connectivity index (χ1n) is 7.96. The minimum Gasteiger partial charge on any atom is -0.450 e. The lowest BCUT2D eigenvalue weighted by atomic mass is 10.1. The fourth-order valence-corrected chi connectivity index (χ4v) is 2.86. The van der Waals surface area contributed by atoms with Gasteiger partial charge in [-0.1, -0.05) is 5.16 Å². The highest BCUT2D eigenvalue weighted by Gasteiger charge is 2.27. The van der Waals surface area contributed by atoms with Crippen LogP contribution in [0.5, 0.6) is 0 Å². The van der Waals surface area contributed by atoms with Crippen molar-refractivity contribution in [2.24, 2.45) is 0 Å². The van der Waals surface area contributed by atoms with Crippen LogP contribution in [-0.4, -0.2) is 64.7 Å². The Morgan fingerprint density at radius 1 is 1.21 bits per heavy atom. The van der Waals surface area contributed by atoms with Crippen LogP contribution < -0.4 is 0 Å². The molecule has 2 aromatic heterocycles. The topological polar surface area (TPSA) is 88.8 Å². The molecule has 0 aliphatic carbocycles. The Balaban J connectivity index is 1.79. The Labute approximate surface area is 139 Å². The van der Waals surface area contributed by atoms with Gasteiger partial charge in [0, 0.05) is 31.9 Å². The van der Waals surface area contributed by atoms with Crippen LogP contribution in [0.3, 0.4) is 0 Å². The molecule has 8 nitrogen and oxygen atoms in total. The van der Waals surface area contributed by atoms with Gasteiger partial charge in [-0.3, -0.25) is 4.79 Å². The second kappa shape index (κ2) is 6.46. The summed E-state index contributed by atoms with van der Waals surface area (Å²) < 4.78 is 10.2. The third kappa shape index (κ3) is 2.91. The Bertz CT molecular complexity index is 778. The number of pyridine rings is 1. The Hall–Kier alpha value is -2.64. The van der Waals surface area contributed by atoms with Crippen molar-refractivity contribution in [1.82, 2.24) is 19.9 Å². The van der Waals surface area contributed by atoms with E-state index in [9.17, 15) is 9.59 Å². The lowest BCUT2D eigenvalue weighted by Gasteiger charge is -2.34. The van der Waals surface area contributed by atoms with Crippen molar-refractivity contribution in [3.05, 3.63) is 23.0 Å². The van der Waals surface area contributed by atoms with Crippen LogP contribution in [0.4, 0.5) is 4.79 Å². The van der Waals surface area contributed by atoms with Crippen molar-refractivity contribution in [2.45, 2.75) is 20.8 Å². The average Bonchev–Trinajstić information content (AvgIpc) is 2.94. The van der Waals surface area contributed by atoms with Crippen LogP contribution in [0.1, 0.15) is 28.7 Å². The van der Waals surface area contributed by atoms with Gasteiger partial charge in [-0.2, -0.15) is 0 Å². The van der Waals surface area contributed by atoms with Gasteiger partial charge in [0.1, 0.15) is 0 Å². The minimum atomic E-state index is -0.332. The molecule has 2 aromatic rings. The molecule has 24 heavy (non-hydrogen) atoms. The van der Waals surface area contributed by atoms with Crippen LogP contribution in [0.25, 0.3) is 11.1 Å².